The zero-order chi connectivity index (χ0) is 12.3. The fraction of sp³-hybridized carbons (Fsp3) is 1.00. The molecule has 0 amide bonds. The van der Waals surface area contributed by atoms with Crippen LogP contribution in [0.15, 0.2) is 0 Å². The van der Waals surface area contributed by atoms with Crippen molar-refractivity contribution in [3.8, 4) is 0 Å². The van der Waals surface area contributed by atoms with Crippen molar-refractivity contribution < 1.29 is 18.1 Å². The molecule has 0 spiro atoms. The highest BCUT2D eigenvalue weighted by atomic mass is 79.9. The van der Waals surface area contributed by atoms with E-state index in [0.29, 0.717) is 25.2 Å². The molecule has 6 heteroatoms. The number of phosphoric acid groups is 1. The summed E-state index contributed by atoms with van der Waals surface area (Å²) in [5.74, 6) is 0. The molecule has 0 bridgehead atoms. The fourth-order valence-corrected chi connectivity index (χ4v) is 2.56. The highest BCUT2D eigenvalue weighted by Crippen LogP contribution is 2.49. The molecule has 0 saturated heterocycles. The first-order valence-electron chi connectivity index (χ1n) is 5.78. The number of alkyl halides is 1. The lowest BCUT2D eigenvalue weighted by Crippen LogP contribution is -2.04. The van der Waals surface area contributed by atoms with E-state index in [0.717, 1.165) is 25.7 Å². The van der Waals surface area contributed by atoms with Crippen molar-refractivity contribution in [3.05, 3.63) is 0 Å². The molecule has 0 aliphatic carbocycles. The molecule has 0 saturated carbocycles. The van der Waals surface area contributed by atoms with Gasteiger partial charge in [0, 0.05) is 5.33 Å². The molecule has 0 heterocycles. The molecule has 0 rings (SSSR count). The molecular weight excluding hydrogens is 295 g/mol. The van der Waals surface area contributed by atoms with Crippen LogP contribution in [0.25, 0.3) is 0 Å². The molecule has 16 heavy (non-hydrogen) atoms. The molecule has 0 aliphatic heterocycles. The molecule has 4 nitrogen and oxygen atoms in total. The zero-order valence-electron chi connectivity index (χ0n) is 10.1. The van der Waals surface area contributed by atoms with Crippen LogP contribution in [0.2, 0.25) is 0 Å². The summed E-state index contributed by atoms with van der Waals surface area (Å²) in [4.78, 5) is 0. The lowest BCUT2D eigenvalue weighted by molar-refractivity contribution is 0.116. The van der Waals surface area contributed by atoms with Crippen molar-refractivity contribution in [1.29, 1.82) is 0 Å². The Kier molecular flexibility index (Phi) is 11.1. The molecule has 0 atom stereocenters. The number of phosphoric ester groups is 1. The van der Waals surface area contributed by atoms with Crippen LogP contribution in [0.5, 0.6) is 0 Å². The van der Waals surface area contributed by atoms with Gasteiger partial charge >= 0.3 is 7.82 Å². The molecule has 0 aromatic rings. The van der Waals surface area contributed by atoms with E-state index in [9.17, 15) is 4.57 Å². The Morgan fingerprint density at radius 3 is 1.75 bits per heavy atom. The first-order valence-corrected chi connectivity index (χ1v) is 8.36. The minimum atomic E-state index is -3.33. The number of hydrogen-bond acceptors (Lipinski definition) is 4. The van der Waals surface area contributed by atoms with Gasteiger partial charge < -0.3 is 0 Å². The molecule has 0 aromatic heterocycles. The van der Waals surface area contributed by atoms with Crippen LogP contribution in [-0.4, -0.2) is 25.2 Å². The third-order valence-electron chi connectivity index (χ3n) is 1.82. The Bertz CT molecular complexity index is 187. The van der Waals surface area contributed by atoms with Crippen LogP contribution >= 0.6 is 23.8 Å². The van der Waals surface area contributed by atoms with E-state index < -0.39 is 7.82 Å². The van der Waals surface area contributed by atoms with Crippen LogP contribution in [0, 0.1) is 0 Å². The largest absolute Gasteiger partial charge is 0.474 e. The highest BCUT2D eigenvalue weighted by Gasteiger charge is 2.25. The quantitative estimate of drug-likeness (QED) is 0.326. The Hall–Kier alpha value is 0.590. The van der Waals surface area contributed by atoms with Gasteiger partial charge in [-0.25, -0.2) is 4.57 Å². The second kappa shape index (κ2) is 10.7. The maximum absolute atomic E-state index is 12.0. The van der Waals surface area contributed by atoms with Crippen LogP contribution < -0.4 is 0 Å². The molecule has 98 valence electrons. The van der Waals surface area contributed by atoms with Crippen molar-refractivity contribution in [2.75, 3.05) is 25.2 Å². The van der Waals surface area contributed by atoms with Crippen LogP contribution in [-0.2, 0) is 18.1 Å². The van der Waals surface area contributed by atoms with Gasteiger partial charge in [0.1, 0.15) is 0 Å². The maximum Gasteiger partial charge on any atom is 0.474 e. The van der Waals surface area contributed by atoms with Gasteiger partial charge in [0.05, 0.1) is 19.8 Å². The maximum atomic E-state index is 12.0. The first kappa shape index (κ1) is 16.6. The van der Waals surface area contributed by atoms with Gasteiger partial charge in [-0.2, -0.15) is 0 Å². The van der Waals surface area contributed by atoms with E-state index in [1.165, 1.54) is 0 Å². The number of unbranched alkanes of at least 4 members (excludes halogenated alkanes) is 2. The van der Waals surface area contributed by atoms with Gasteiger partial charge in [0.15, 0.2) is 0 Å². The average Bonchev–Trinajstić information content (AvgIpc) is 2.27. The lowest BCUT2D eigenvalue weighted by atomic mass is 10.4. The summed E-state index contributed by atoms with van der Waals surface area (Å²) >= 11 is 3.21. The number of hydrogen-bond donors (Lipinski definition) is 0. The van der Waals surface area contributed by atoms with Crippen molar-refractivity contribution in [2.24, 2.45) is 0 Å². The Morgan fingerprint density at radius 2 is 1.38 bits per heavy atom. The van der Waals surface area contributed by atoms with Gasteiger partial charge in [-0.05, 0) is 12.8 Å². The third kappa shape index (κ3) is 8.71. The molecule has 0 N–H and O–H groups in total. The summed E-state index contributed by atoms with van der Waals surface area (Å²) in [6.45, 7) is 5.26. The minimum absolute atomic E-state index is 0.329. The summed E-state index contributed by atoms with van der Waals surface area (Å²) in [6.07, 6.45) is 3.71. The second-order valence-corrected chi connectivity index (χ2v) is 5.80. The van der Waals surface area contributed by atoms with Crippen molar-refractivity contribution in [2.45, 2.75) is 39.5 Å². The summed E-state index contributed by atoms with van der Waals surface area (Å²) in [7, 11) is -3.33. The van der Waals surface area contributed by atoms with E-state index in [2.05, 4.69) is 15.9 Å². The first-order chi connectivity index (χ1) is 7.68. The Balaban J connectivity index is 3.97. The molecule has 0 unspecified atom stereocenters. The number of halogens is 1. The second-order valence-electron chi connectivity index (χ2n) is 3.34. The third-order valence-corrected chi connectivity index (χ3v) is 3.64. The van der Waals surface area contributed by atoms with Crippen molar-refractivity contribution in [3.63, 3.8) is 0 Å². The van der Waals surface area contributed by atoms with Gasteiger partial charge in [-0.3, -0.25) is 13.6 Å². The summed E-state index contributed by atoms with van der Waals surface area (Å²) < 4.78 is 27.6. The van der Waals surface area contributed by atoms with E-state index in [1.54, 1.807) is 0 Å². The van der Waals surface area contributed by atoms with E-state index >= 15 is 0 Å². The number of rotatable bonds is 11. The highest BCUT2D eigenvalue weighted by molar-refractivity contribution is 9.09. The van der Waals surface area contributed by atoms with Crippen LogP contribution in [0.1, 0.15) is 39.5 Å². The molecule has 0 aliphatic rings. The van der Waals surface area contributed by atoms with Gasteiger partial charge in [-0.15, -0.1) is 0 Å². The van der Waals surface area contributed by atoms with Gasteiger partial charge in [0.25, 0.3) is 0 Å². The zero-order valence-corrected chi connectivity index (χ0v) is 12.6. The lowest BCUT2D eigenvalue weighted by Gasteiger charge is -2.17. The normalized spacial score (nSPS) is 11.9. The molecular formula is C10H22BrO4P. The molecule has 0 aromatic carbocycles. The van der Waals surface area contributed by atoms with Crippen LogP contribution in [0.4, 0.5) is 0 Å². The predicted octanol–water partition coefficient (Wildman–Crippen LogP) is 4.14. The topological polar surface area (TPSA) is 44.8 Å². The van der Waals surface area contributed by atoms with Gasteiger partial charge in [0.2, 0.25) is 0 Å². The predicted molar refractivity (Wildman–Crippen MR) is 69.1 cm³/mol. The SMILES string of the molecule is CCCCOP(=O)(OCCBr)OCCCC. The van der Waals surface area contributed by atoms with Crippen molar-refractivity contribution in [1.82, 2.24) is 0 Å². The van der Waals surface area contributed by atoms with E-state index in [4.69, 9.17) is 13.6 Å². The summed E-state index contributed by atoms with van der Waals surface area (Å²) in [6, 6.07) is 0. The van der Waals surface area contributed by atoms with Crippen LogP contribution in [0.3, 0.4) is 0 Å². The standard InChI is InChI=1S/C10H22BrO4P/c1-3-5-8-13-16(12,15-10-7-11)14-9-6-4-2/h3-10H2,1-2H3. The molecule has 0 fully saturated rings. The average molecular weight is 317 g/mol. The van der Waals surface area contributed by atoms with Crippen molar-refractivity contribution >= 4 is 23.8 Å². The van der Waals surface area contributed by atoms with Gasteiger partial charge in [-0.1, -0.05) is 42.6 Å². The Morgan fingerprint density at radius 1 is 0.938 bits per heavy atom. The Labute approximate surface area is 107 Å². The summed E-state index contributed by atoms with van der Waals surface area (Å²) in [5, 5.41) is 0.616. The summed E-state index contributed by atoms with van der Waals surface area (Å²) in [5.41, 5.74) is 0. The van der Waals surface area contributed by atoms with E-state index in [-0.39, 0.29) is 0 Å². The monoisotopic (exact) mass is 316 g/mol. The smallest absolute Gasteiger partial charge is 0.287 e. The van der Waals surface area contributed by atoms with E-state index in [1.807, 2.05) is 13.8 Å². The fourth-order valence-electron chi connectivity index (χ4n) is 0.899. The minimum Gasteiger partial charge on any atom is -0.287 e. The molecule has 0 radical (unpaired) electrons.